The summed E-state index contributed by atoms with van der Waals surface area (Å²) in [5.41, 5.74) is 2.12. The first-order valence-corrected chi connectivity index (χ1v) is 9.47. The fourth-order valence-electron chi connectivity index (χ4n) is 2.82. The van der Waals surface area contributed by atoms with E-state index in [9.17, 15) is 13.2 Å². The minimum Gasteiger partial charge on any atom is -0.352 e. The molecular weight excluding hydrogens is 324 g/mol. The molecule has 0 spiro atoms. The molecule has 0 saturated carbocycles. The second kappa shape index (κ2) is 6.65. The number of hydrogen-bond donors (Lipinski definition) is 1. The average Bonchev–Trinajstić information content (AvgIpc) is 3.04. The molecule has 2 aromatic carbocycles. The number of nitrogens with one attached hydrogen (secondary N) is 1. The van der Waals surface area contributed by atoms with Gasteiger partial charge in [0.1, 0.15) is 0 Å². The standard InChI is InChI=1S/C18H20N2O3S/c1-2-11-19-18(21)15-8-9-17-14(13-15)10-12-20(17)24(22,23)16-6-4-3-5-7-16/h3-9,13H,2,10-12H2,1H3,(H,19,21). The normalized spacial score (nSPS) is 13.6. The smallest absolute Gasteiger partial charge is 0.264 e. The molecule has 24 heavy (non-hydrogen) atoms. The van der Waals surface area contributed by atoms with E-state index in [0.717, 1.165) is 12.0 Å². The van der Waals surface area contributed by atoms with E-state index < -0.39 is 10.0 Å². The molecule has 0 saturated heterocycles. The van der Waals surface area contributed by atoms with Crippen LogP contribution in [-0.2, 0) is 16.4 Å². The maximum atomic E-state index is 12.8. The summed E-state index contributed by atoms with van der Waals surface area (Å²) in [4.78, 5) is 12.3. The first-order valence-electron chi connectivity index (χ1n) is 8.03. The summed E-state index contributed by atoms with van der Waals surface area (Å²) in [6.45, 7) is 3.02. The number of nitrogens with zero attached hydrogens (tertiary/aromatic N) is 1. The molecule has 1 aliphatic heterocycles. The molecule has 0 aromatic heterocycles. The number of hydrogen-bond acceptors (Lipinski definition) is 3. The lowest BCUT2D eigenvalue weighted by Crippen LogP contribution is -2.29. The summed E-state index contributed by atoms with van der Waals surface area (Å²) in [6, 6.07) is 13.6. The summed E-state index contributed by atoms with van der Waals surface area (Å²) >= 11 is 0. The first kappa shape index (κ1) is 16.5. The minimum atomic E-state index is -3.57. The number of anilines is 1. The Kier molecular flexibility index (Phi) is 4.57. The second-order valence-corrected chi connectivity index (χ2v) is 7.60. The monoisotopic (exact) mass is 344 g/mol. The van der Waals surface area contributed by atoms with Gasteiger partial charge in [-0.1, -0.05) is 25.1 Å². The number of carbonyl (C=O) groups is 1. The molecule has 1 amide bonds. The Labute approximate surface area is 142 Å². The van der Waals surface area contributed by atoms with Gasteiger partial charge in [-0.25, -0.2) is 8.42 Å². The van der Waals surface area contributed by atoms with Gasteiger partial charge in [0.2, 0.25) is 0 Å². The Balaban J connectivity index is 1.89. The Morgan fingerprint density at radius 2 is 1.92 bits per heavy atom. The Bertz CT molecular complexity index is 848. The fourth-order valence-corrected chi connectivity index (χ4v) is 4.35. The maximum absolute atomic E-state index is 12.8. The van der Waals surface area contributed by atoms with E-state index in [1.165, 1.54) is 4.31 Å². The summed E-state index contributed by atoms with van der Waals surface area (Å²) in [5, 5.41) is 2.84. The predicted molar refractivity (Wildman–Crippen MR) is 93.7 cm³/mol. The van der Waals surface area contributed by atoms with E-state index in [-0.39, 0.29) is 10.8 Å². The average molecular weight is 344 g/mol. The van der Waals surface area contributed by atoms with Crippen LogP contribution in [0.4, 0.5) is 5.69 Å². The molecule has 1 aliphatic rings. The van der Waals surface area contributed by atoms with Gasteiger partial charge < -0.3 is 5.32 Å². The van der Waals surface area contributed by atoms with E-state index >= 15 is 0 Å². The van der Waals surface area contributed by atoms with Crippen molar-refractivity contribution in [3.8, 4) is 0 Å². The van der Waals surface area contributed by atoms with Crippen LogP contribution in [0.3, 0.4) is 0 Å². The fraction of sp³-hybridized carbons (Fsp3) is 0.278. The molecule has 1 N–H and O–H groups in total. The van der Waals surface area contributed by atoms with Gasteiger partial charge in [0.15, 0.2) is 0 Å². The topological polar surface area (TPSA) is 66.5 Å². The first-order chi connectivity index (χ1) is 11.5. The van der Waals surface area contributed by atoms with Crippen LogP contribution in [0.2, 0.25) is 0 Å². The van der Waals surface area contributed by atoms with Crippen LogP contribution in [0.15, 0.2) is 53.4 Å². The number of sulfonamides is 1. The molecule has 2 aromatic rings. The van der Waals surface area contributed by atoms with Gasteiger partial charge in [0.25, 0.3) is 15.9 Å². The Hall–Kier alpha value is -2.34. The zero-order chi connectivity index (χ0) is 17.2. The van der Waals surface area contributed by atoms with Gasteiger partial charge in [-0.2, -0.15) is 0 Å². The van der Waals surface area contributed by atoms with Crippen molar-refractivity contribution >= 4 is 21.6 Å². The lowest BCUT2D eigenvalue weighted by atomic mass is 10.1. The lowest BCUT2D eigenvalue weighted by Gasteiger charge is -2.19. The molecule has 0 radical (unpaired) electrons. The van der Waals surface area contributed by atoms with Crippen molar-refractivity contribution in [2.24, 2.45) is 0 Å². The Morgan fingerprint density at radius 3 is 2.62 bits per heavy atom. The summed E-state index contributed by atoms with van der Waals surface area (Å²) in [7, 11) is -3.57. The van der Waals surface area contributed by atoms with Crippen LogP contribution < -0.4 is 9.62 Å². The highest BCUT2D eigenvalue weighted by Gasteiger charge is 2.31. The van der Waals surface area contributed by atoms with Gasteiger partial charge in [0, 0.05) is 18.7 Å². The third-order valence-corrected chi connectivity index (χ3v) is 5.89. The van der Waals surface area contributed by atoms with Crippen molar-refractivity contribution < 1.29 is 13.2 Å². The lowest BCUT2D eigenvalue weighted by molar-refractivity contribution is 0.0953. The van der Waals surface area contributed by atoms with Crippen LogP contribution in [0, 0.1) is 0 Å². The van der Waals surface area contributed by atoms with Crippen molar-refractivity contribution in [3.05, 3.63) is 59.7 Å². The van der Waals surface area contributed by atoms with E-state index in [1.807, 2.05) is 6.92 Å². The second-order valence-electron chi connectivity index (χ2n) is 5.74. The third-order valence-electron chi connectivity index (χ3n) is 4.06. The zero-order valence-electron chi connectivity index (χ0n) is 13.5. The molecule has 5 nitrogen and oxygen atoms in total. The summed E-state index contributed by atoms with van der Waals surface area (Å²) in [6.07, 6.45) is 1.48. The number of benzene rings is 2. The van der Waals surface area contributed by atoms with Crippen molar-refractivity contribution in [1.29, 1.82) is 0 Å². The minimum absolute atomic E-state index is 0.121. The zero-order valence-corrected chi connectivity index (χ0v) is 14.3. The van der Waals surface area contributed by atoms with Crippen LogP contribution in [0.5, 0.6) is 0 Å². The summed E-state index contributed by atoms with van der Waals surface area (Å²) < 4.78 is 27.0. The van der Waals surface area contributed by atoms with Crippen LogP contribution >= 0.6 is 0 Å². The van der Waals surface area contributed by atoms with E-state index in [0.29, 0.717) is 30.8 Å². The van der Waals surface area contributed by atoms with Crippen molar-refractivity contribution in [2.45, 2.75) is 24.7 Å². The highest BCUT2D eigenvalue weighted by molar-refractivity contribution is 7.92. The van der Waals surface area contributed by atoms with Crippen molar-refractivity contribution in [2.75, 3.05) is 17.4 Å². The summed E-state index contributed by atoms with van der Waals surface area (Å²) in [5.74, 6) is -0.121. The molecule has 0 unspecified atom stereocenters. The maximum Gasteiger partial charge on any atom is 0.264 e. The molecule has 0 atom stereocenters. The number of carbonyl (C=O) groups excluding carboxylic acids is 1. The van der Waals surface area contributed by atoms with Gasteiger partial charge in [-0.3, -0.25) is 9.10 Å². The highest BCUT2D eigenvalue weighted by atomic mass is 32.2. The number of rotatable bonds is 5. The van der Waals surface area contributed by atoms with Gasteiger partial charge >= 0.3 is 0 Å². The van der Waals surface area contributed by atoms with E-state index in [4.69, 9.17) is 0 Å². The Morgan fingerprint density at radius 1 is 1.17 bits per heavy atom. The van der Waals surface area contributed by atoms with Gasteiger partial charge in [-0.15, -0.1) is 0 Å². The molecule has 0 aliphatic carbocycles. The molecule has 0 bridgehead atoms. The highest BCUT2D eigenvalue weighted by Crippen LogP contribution is 2.33. The largest absolute Gasteiger partial charge is 0.352 e. The molecule has 1 heterocycles. The van der Waals surface area contributed by atoms with Gasteiger partial charge in [-0.05, 0) is 48.7 Å². The van der Waals surface area contributed by atoms with E-state index in [2.05, 4.69) is 5.32 Å². The third kappa shape index (κ3) is 3.01. The molecule has 0 fully saturated rings. The molecule has 126 valence electrons. The van der Waals surface area contributed by atoms with Gasteiger partial charge in [0.05, 0.1) is 10.6 Å². The van der Waals surface area contributed by atoms with Crippen LogP contribution in [0.1, 0.15) is 29.3 Å². The van der Waals surface area contributed by atoms with Crippen LogP contribution in [0.25, 0.3) is 0 Å². The quantitative estimate of drug-likeness (QED) is 0.906. The molecule has 3 rings (SSSR count). The molecular formula is C18H20N2O3S. The predicted octanol–water partition coefficient (Wildman–Crippen LogP) is 2.58. The van der Waals surface area contributed by atoms with E-state index in [1.54, 1.807) is 48.5 Å². The number of amides is 1. The van der Waals surface area contributed by atoms with Crippen LogP contribution in [-0.4, -0.2) is 27.4 Å². The van der Waals surface area contributed by atoms with Crippen molar-refractivity contribution in [3.63, 3.8) is 0 Å². The van der Waals surface area contributed by atoms with Crippen molar-refractivity contribution in [1.82, 2.24) is 5.32 Å². The number of fused-ring (bicyclic) bond motifs is 1. The SMILES string of the molecule is CCCNC(=O)c1ccc2c(c1)CCN2S(=O)(=O)c1ccccc1. The molecule has 6 heteroatoms.